The topological polar surface area (TPSA) is 80.5 Å². The van der Waals surface area contributed by atoms with Crippen molar-refractivity contribution in [2.24, 2.45) is 0 Å². The van der Waals surface area contributed by atoms with Crippen LogP contribution in [0.4, 0.5) is 11.5 Å². The van der Waals surface area contributed by atoms with Gasteiger partial charge in [-0.25, -0.2) is 9.97 Å². The van der Waals surface area contributed by atoms with Gasteiger partial charge in [0.1, 0.15) is 36.0 Å². The van der Waals surface area contributed by atoms with Gasteiger partial charge in [-0.3, -0.25) is 9.11 Å². The third-order valence-electron chi connectivity index (χ3n) is 6.66. The molecule has 3 heterocycles. The first-order valence-electron chi connectivity index (χ1n) is 12.8. The maximum absolute atomic E-state index is 11.6. The van der Waals surface area contributed by atoms with Crippen molar-refractivity contribution in [1.82, 2.24) is 14.9 Å². The highest BCUT2D eigenvalue weighted by Gasteiger charge is 2.17. The van der Waals surface area contributed by atoms with Gasteiger partial charge in [0.25, 0.3) is 0 Å². The Labute approximate surface area is 234 Å². The summed E-state index contributed by atoms with van der Waals surface area (Å²) in [6.45, 7) is 2.82. The number of fused-ring (bicyclic) bond motifs is 1. The molecular weight excluding hydrogens is 532 g/mol. The maximum atomic E-state index is 11.6. The van der Waals surface area contributed by atoms with Crippen LogP contribution in [-0.4, -0.2) is 43.7 Å². The summed E-state index contributed by atoms with van der Waals surface area (Å²) < 4.78 is 23.7. The number of halogens is 1. The molecule has 0 atom stereocenters. The second-order valence-electron chi connectivity index (χ2n) is 9.39. The summed E-state index contributed by atoms with van der Waals surface area (Å²) in [7, 11) is -0.689. The van der Waals surface area contributed by atoms with E-state index in [1.807, 2.05) is 78.9 Å². The summed E-state index contributed by atoms with van der Waals surface area (Å²) in [5.41, 5.74) is 3.62. The predicted molar refractivity (Wildman–Crippen MR) is 156 cm³/mol. The molecule has 9 heteroatoms. The molecule has 0 aliphatic carbocycles. The third kappa shape index (κ3) is 6.14. The van der Waals surface area contributed by atoms with Crippen LogP contribution in [0.15, 0.2) is 89.6 Å². The Morgan fingerprint density at radius 2 is 1.82 bits per heavy atom. The van der Waals surface area contributed by atoms with Crippen LogP contribution in [-0.2, 0) is 24.0 Å². The smallest absolute Gasteiger partial charge is 0.141 e. The van der Waals surface area contributed by atoms with Crippen molar-refractivity contribution in [3.05, 3.63) is 102 Å². The molecule has 5 aromatic rings. The molecular formula is C30H27ClN4O3S. The molecule has 39 heavy (non-hydrogen) atoms. The van der Waals surface area contributed by atoms with Gasteiger partial charge in [0.15, 0.2) is 0 Å². The first kappa shape index (κ1) is 25.6. The van der Waals surface area contributed by atoms with E-state index >= 15 is 0 Å². The van der Waals surface area contributed by atoms with E-state index in [0.717, 1.165) is 63.8 Å². The summed E-state index contributed by atoms with van der Waals surface area (Å²) >= 11 is 6.54. The van der Waals surface area contributed by atoms with Crippen molar-refractivity contribution >= 4 is 44.8 Å². The van der Waals surface area contributed by atoms with Crippen LogP contribution in [0.25, 0.3) is 22.2 Å². The third-order valence-corrected chi connectivity index (χ3v) is 8.23. The van der Waals surface area contributed by atoms with Crippen molar-refractivity contribution < 1.29 is 13.4 Å². The minimum Gasteiger partial charge on any atom is -0.487 e. The lowest BCUT2D eigenvalue weighted by molar-refractivity contribution is 0.266. The Kier molecular flexibility index (Phi) is 7.58. The highest BCUT2D eigenvalue weighted by Crippen LogP contribution is 2.33. The van der Waals surface area contributed by atoms with Gasteiger partial charge >= 0.3 is 0 Å². The van der Waals surface area contributed by atoms with Crippen molar-refractivity contribution in [3.63, 3.8) is 0 Å². The van der Waals surface area contributed by atoms with Crippen LogP contribution in [0.3, 0.4) is 0 Å². The zero-order chi connectivity index (χ0) is 26.6. The number of furan rings is 1. The average Bonchev–Trinajstić information content (AvgIpc) is 3.43. The van der Waals surface area contributed by atoms with Gasteiger partial charge < -0.3 is 14.5 Å². The number of nitrogens with zero attached hydrogens (tertiary/aromatic N) is 3. The zero-order valence-electron chi connectivity index (χ0n) is 21.2. The van der Waals surface area contributed by atoms with Gasteiger partial charge in [-0.15, -0.1) is 0 Å². The van der Waals surface area contributed by atoms with Gasteiger partial charge in [-0.1, -0.05) is 41.9 Å². The van der Waals surface area contributed by atoms with E-state index in [4.69, 9.17) is 20.8 Å². The van der Waals surface area contributed by atoms with Crippen LogP contribution in [0.2, 0.25) is 5.02 Å². The van der Waals surface area contributed by atoms with Crippen molar-refractivity contribution in [3.8, 4) is 17.1 Å². The quantitative estimate of drug-likeness (QED) is 0.235. The Hall–Kier alpha value is -3.72. The lowest BCUT2D eigenvalue weighted by Gasteiger charge is -2.24. The number of aromatic nitrogens is 2. The normalized spacial score (nSPS) is 14.5. The second-order valence-corrected chi connectivity index (χ2v) is 11.5. The fraction of sp³-hybridized carbons (Fsp3) is 0.200. The molecule has 0 bridgehead atoms. The second kappa shape index (κ2) is 11.6. The highest BCUT2D eigenvalue weighted by atomic mass is 35.5. The van der Waals surface area contributed by atoms with Gasteiger partial charge in [-0.2, -0.15) is 0 Å². The minimum atomic E-state index is -0.689. The van der Waals surface area contributed by atoms with E-state index in [1.54, 1.807) is 6.33 Å². The Bertz CT molecular complexity index is 1620. The van der Waals surface area contributed by atoms with Crippen LogP contribution in [0.1, 0.15) is 11.3 Å². The summed E-state index contributed by atoms with van der Waals surface area (Å²) in [5.74, 6) is 4.41. The van der Waals surface area contributed by atoms with Crippen molar-refractivity contribution in [2.45, 2.75) is 13.2 Å². The number of hydrogen-bond acceptors (Lipinski definition) is 7. The lowest BCUT2D eigenvalue weighted by Crippen LogP contribution is -2.37. The van der Waals surface area contributed by atoms with Crippen LogP contribution >= 0.6 is 11.6 Å². The molecule has 6 rings (SSSR count). The molecule has 7 nitrogen and oxygen atoms in total. The molecule has 3 aromatic carbocycles. The van der Waals surface area contributed by atoms with Crippen molar-refractivity contribution in [1.29, 1.82) is 0 Å². The highest BCUT2D eigenvalue weighted by molar-refractivity contribution is 7.85. The number of rotatable bonds is 8. The molecule has 0 spiro atoms. The summed E-state index contributed by atoms with van der Waals surface area (Å²) in [4.78, 5) is 11.2. The van der Waals surface area contributed by atoms with E-state index < -0.39 is 10.8 Å². The number of benzene rings is 3. The molecule has 1 fully saturated rings. The molecule has 2 aromatic heterocycles. The zero-order valence-corrected chi connectivity index (χ0v) is 22.8. The first-order chi connectivity index (χ1) is 19.1. The summed E-state index contributed by atoms with van der Waals surface area (Å²) in [6, 6.07) is 25.6. The fourth-order valence-electron chi connectivity index (χ4n) is 4.55. The van der Waals surface area contributed by atoms with Crippen molar-refractivity contribution in [2.75, 3.05) is 29.9 Å². The fourth-order valence-corrected chi connectivity index (χ4v) is 5.91. The summed E-state index contributed by atoms with van der Waals surface area (Å²) in [6.07, 6.45) is 1.54. The molecule has 1 aliphatic rings. The molecule has 1 saturated heterocycles. The Morgan fingerprint density at radius 1 is 0.974 bits per heavy atom. The van der Waals surface area contributed by atoms with Gasteiger partial charge in [0, 0.05) is 52.0 Å². The maximum Gasteiger partial charge on any atom is 0.141 e. The molecule has 1 aliphatic heterocycles. The standard InChI is InChI=1S/C30H27ClN4O3S/c31-26-17-23(7-10-29(26)37-19-21-4-2-1-3-5-21)34-30-25-16-22(6-9-27(25)32-20-33-30)28-11-8-24(38-28)18-35-12-14-39(36)15-13-35/h1-11,16-17,20H,12-15,18-19H2,(H,32,33,34). The number of ether oxygens (including phenoxy) is 1. The SMILES string of the molecule is O=S1CCN(Cc2ccc(-c3ccc4ncnc(Nc5ccc(OCc6ccccc6)c(Cl)c5)c4c3)o2)CC1. The number of hydrogen-bond donors (Lipinski definition) is 1. The molecule has 0 unspecified atom stereocenters. The van der Waals surface area contributed by atoms with Gasteiger partial charge in [0.2, 0.25) is 0 Å². The lowest BCUT2D eigenvalue weighted by atomic mass is 10.1. The van der Waals surface area contributed by atoms with E-state index in [0.29, 0.717) is 29.7 Å². The minimum absolute atomic E-state index is 0.445. The average molecular weight is 559 g/mol. The predicted octanol–water partition coefficient (Wildman–Crippen LogP) is 6.43. The Morgan fingerprint density at radius 3 is 2.64 bits per heavy atom. The van der Waals surface area contributed by atoms with Crippen LogP contribution in [0, 0.1) is 0 Å². The van der Waals surface area contributed by atoms with E-state index in [1.165, 1.54) is 0 Å². The van der Waals surface area contributed by atoms with Gasteiger partial charge in [0.05, 0.1) is 17.1 Å². The molecule has 198 valence electrons. The first-order valence-corrected chi connectivity index (χ1v) is 14.6. The molecule has 0 radical (unpaired) electrons. The van der Waals surface area contributed by atoms with Crippen LogP contribution in [0.5, 0.6) is 5.75 Å². The monoisotopic (exact) mass is 558 g/mol. The van der Waals surface area contributed by atoms with E-state index in [2.05, 4.69) is 20.2 Å². The molecule has 0 amide bonds. The summed E-state index contributed by atoms with van der Waals surface area (Å²) in [5, 5.41) is 4.76. The van der Waals surface area contributed by atoms with Gasteiger partial charge in [-0.05, 0) is 54.1 Å². The molecule has 1 N–H and O–H groups in total. The number of nitrogens with one attached hydrogen (secondary N) is 1. The molecule has 0 saturated carbocycles. The van der Waals surface area contributed by atoms with Crippen LogP contribution < -0.4 is 10.1 Å². The largest absolute Gasteiger partial charge is 0.487 e. The Balaban J connectivity index is 1.18. The number of anilines is 2. The van der Waals surface area contributed by atoms with E-state index in [9.17, 15) is 4.21 Å². The van der Waals surface area contributed by atoms with E-state index in [-0.39, 0.29) is 0 Å².